The maximum absolute atomic E-state index is 11.2. The van der Waals surface area contributed by atoms with Crippen molar-refractivity contribution in [1.29, 1.82) is 0 Å². The van der Waals surface area contributed by atoms with Crippen molar-refractivity contribution in [3.63, 3.8) is 0 Å². The Morgan fingerprint density at radius 2 is 2.23 bits per heavy atom. The van der Waals surface area contributed by atoms with Crippen LogP contribution in [0.1, 0.15) is 17.4 Å². The van der Waals surface area contributed by atoms with Gasteiger partial charge in [-0.25, -0.2) is 9.78 Å². The van der Waals surface area contributed by atoms with Crippen LogP contribution in [0.3, 0.4) is 0 Å². The van der Waals surface area contributed by atoms with Crippen LogP contribution in [0.25, 0.3) is 0 Å². The number of esters is 1. The number of carbonyl (C=O) groups excluding carboxylic acids is 1. The fourth-order valence-corrected chi connectivity index (χ4v) is 1.28. The second-order valence-corrected chi connectivity index (χ2v) is 3.80. The van der Waals surface area contributed by atoms with E-state index in [1.54, 1.807) is 19.1 Å². The Morgan fingerprint density at radius 1 is 1.54 bits per heavy atom. The van der Waals surface area contributed by atoms with E-state index in [9.17, 15) is 4.79 Å². The van der Waals surface area contributed by atoms with E-state index in [0.29, 0.717) is 16.9 Å². The Labute approximate surface area is 92.8 Å². The number of pyridine rings is 1. The Bertz CT molecular complexity index is 328. The van der Waals surface area contributed by atoms with E-state index >= 15 is 0 Å². The second-order valence-electron chi connectivity index (χ2n) is 2.19. The molecule has 0 saturated heterocycles. The fraction of sp³-hybridized carbons (Fsp3) is 0.250. The predicted molar refractivity (Wildman–Crippen MR) is 55.6 cm³/mol. The summed E-state index contributed by atoms with van der Waals surface area (Å²) in [5, 5.41) is 0. The summed E-state index contributed by atoms with van der Waals surface area (Å²) in [4.78, 5) is 15.2. The van der Waals surface area contributed by atoms with E-state index in [2.05, 4.69) is 36.8 Å². The molecular formula is C8H7Br2NO2. The van der Waals surface area contributed by atoms with Gasteiger partial charge in [0.2, 0.25) is 0 Å². The highest BCUT2D eigenvalue weighted by atomic mass is 79.9. The van der Waals surface area contributed by atoms with Gasteiger partial charge in [-0.15, -0.1) is 0 Å². The van der Waals surface area contributed by atoms with Crippen molar-refractivity contribution in [2.45, 2.75) is 6.92 Å². The van der Waals surface area contributed by atoms with Crippen LogP contribution in [0.4, 0.5) is 0 Å². The maximum Gasteiger partial charge on any atom is 0.356 e. The van der Waals surface area contributed by atoms with E-state index in [0.717, 1.165) is 4.47 Å². The molecule has 1 rings (SSSR count). The maximum atomic E-state index is 11.2. The van der Waals surface area contributed by atoms with Gasteiger partial charge in [-0.2, -0.15) is 0 Å². The van der Waals surface area contributed by atoms with Crippen LogP contribution in [-0.2, 0) is 4.74 Å². The number of nitrogens with zero attached hydrogens (tertiary/aromatic N) is 1. The topological polar surface area (TPSA) is 39.2 Å². The zero-order valence-electron chi connectivity index (χ0n) is 6.88. The third-order valence-corrected chi connectivity index (χ3v) is 3.06. The number of halogens is 2. The van der Waals surface area contributed by atoms with Gasteiger partial charge in [-0.05, 0) is 50.9 Å². The van der Waals surface area contributed by atoms with Gasteiger partial charge in [-0.3, -0.25) is 0 Å². The highest BCUT2D eigenvalue weighted by Gasteiger charge is 2.09. The first kappa shape index (κ1) is 10.7. The lowest BCUT2D eigenvalue weighted by Gasteiger charge is -2.01. The number of aromatic nitrogens is 1. The Hall–Kier alpha value is -0.420. The number of carbonyl (C=O) groups is 1. The molecular weight excluding hydrogens is 302 g/mol. The van der Waals surface area contributed by atoms with Gasteiger partial charge in [0.25, 0.3) is 0 Å². The minimum atomic E-state index is -0.407. The Morgan fingerprint density at radius 3 is 2.77 bits per heavy atom. The highest BCUT2D eigenvalue weighted by molar-refractivity contribution is 9.13. The molecule has 0 radical (unpaired) electrons. The molecule has 0 unspecified atom stereocenters. The van der Waals surface area contributed by atoms with E-state index < -0.39 is 5.97 Å². The number of hydrogen-bond donors (Lipinski definition) is 0. The molecule has 1 aromatic rings. The molecule has 0 aromatic carbocycles. The summed E-state index contributed by atoms with van der Waals surface area (Å²) in [5.41, 5.74) is 0.303. The van der Waals surface area contributed by atoms with Gasteiger partial charge in [0.15, 0.2) is 0 Å². The molecule has 0 fully saturated rings. The zero-order valence-corrected chi connectivity index (χ0v) is 10.1. The van der Waals surface area contributed by atoms with Crippen LogP contribution in [-0.4, -0.2) is 17.6 Å². The van der Waals surface area contributed by atoms with Crippen molar-refractivity contribution in [2.24, 2.45) is 0 Å². The first-order valence-corrected chi connectivity index (χ1v) is 5.23. The summed E-state index contributed by atoms with van der Waals surface area (Å²) < 4.78 is 6.19. The molecule has 0 aliphatic carbocycles. The zero-order chi connectivity index (χ0) is 9.84. The molecule has 13 heavy (non-hydrogen) atoms. The lowest BCUT2D eigenvalue weighted by atomic mass is 10.3. The van der Waals surface area contributed by atoms with Gasteiger partial charge in [0, 0.05) is 0 Å². The molecule has 0 atom stereocenters. The van der Waals surface area contributed by atoms with Gasteiger partial charge in [-0.1, -0.05) is 0 Å². The summed E-state index contributed by atoms with van der Waals surface area (Å²) in [6, 6.07) is 3.34. The van der Waals surface area contributed by atoms with E-state index in [-0.39, 0.29) is 0 Å². The van der Waals surface area contributed by atoms with Crippen LogP contribution in [0.2, 0.25) is 0 Å². The van der Waals surface area contributed by atoms with Crippen molar-refractivity contribution in [2.75, 3.05) is 6.61 Å². The third-order valence-electron chi connectivity index (χ3n) is 1.29. The number of rotatable bonds is 2. The molecule has 0 spiro atoms. The SMILES string of the molecule is CCOC(=O)c1ccc(Br)c(Br)n1. The highest BCUT2D eigenvalue weighted by Crippen LogP contribution is 2.20. The molecule has 0 amide bonds. The van der Waals surface area contributed by atoms with Gasteiger partial charge < -0.3 is 4.74 Å². The van der Waals surface area contributed by atoms with Crippen LogP contribution in [0, 0.1) is 0 Å². The lowest BCUT2D eigenvalue weighted by molar-refractivity contribution is 0.0519. The third kappa shape index (κ3) is 2.77. The van der Waals surface area contributed by atoms with E-state index in [4.69, 9.17) is 4.74 Å². The first-order chi connectivity index (χ1) is 6.15. The largest absolute Gasteiger partial charge is 0.461 e. The van der Waals surface area contributed by atoms with Crippen LogP contribution in [0.5, 0.6) is 0 Å². The molecule has 0 N–H and O–H groups in total. The van der Waals surface area contributed by atoms with Crippen molar-refractivity contribution in [3.8, 4) is 0 Å². The average Bonchev–Trinajstić information content (AvgIpc) is 2.10. The molecule has 0 saturated carbocycles. The average molecular weight is 309 g/mol. The Kier molecular flexibility index (Phi) is 3.87. The summed E-state index contributed by atoms with van der Waals surface area (Å²) in [5.74, 6) is -0.407. The van der Waals surface area contributed by atoms with Crippen molar-refractivity contribution in [3.05, 3.63) is 26.9 Å². The predicted octanol–water partition coefficient (Wildman–Crippen LogP) is 2.78. The molecule has 0 aliphatic heterocycles. The minimum absolute atomic E-state index is 0.303. The number of hydrogen-bond acceptors (Lipinski definition) is 3. The van der Waals surface area contributed by atoms with Crippen LogP contribution in [0.15, 0.2) is 21.2 Å². The van der Waals surface area contributed by atoms with E-state index in [1.165, 1.54) is 0 Å². The summed E-state index contributed by atoms with van der Waals surface area (Å²) >= 11 is 6.46. The molecule has 70 valence electrons. The second kappa shape index (κ2) is 4.72. The summed E-state index contributed by atoms with van der Waals surface area (Å²) in [6.45, 7) is 2.11. The first-order valence-electron chi connectivity index (χ1n) is 3.64. The van der Waals surface area contributed by atoms with Crippen LogP contribution < -0.4 is 0 Å². The van der Waals surface area contributed by atoms with Gasteiger partial charge >= 0.3 is 5.97 Å². The smallest absolute Gasteiger partial charge is 0.356 e. The molecule has 0 bridgehead atoms. The number of ether oxygens (including phenoxy) is 1. The fourth-order valence-electron chi connectivity index (χ4n) is 0.736. The summed E-state index contributed by atoms with van der Waals surface area (Å²) in [6.07, 6.45) is 0. The normalized spacial score (nSPS) is 9.77. The molecule has 1 aromatic heterocycles. The van der Waals surface area contributed by atoms with Gasteiger partial charge in [0.1, 0.15) is 10.3 Å². The minimum Gasteiger partial charge on any atom is -0.461 e. The van der Waals surface area contributed by atoms with Crippen molar-refractivity contribution < 1.29 is 9.53 Å². The lowest BCUT2D eigenvalue weighted by Crippen LogP contribution is -2.06. The quantitative estimate of drug-likeness (QED) is 0.623. The molecule has 1 heterocycles. The molecule has 3 nitrogen and oxygen atoms in total. The molecule has 0 aliphatic rings. The van der Waals surface area contributed by atoms with Crippen LogP contribution >= 0.6 is 31.9 Å². The Balaban J connectivity index is 2.90. The molecule has 5 heteroatoms. The van der Waals surface area contributed by atoms with Crippen molar-refractivity contribution >= 4 is 37.8 Å². The summed E-state index contributed by atoms with van der Waals surface area (Å²) in [7, 11) is 0. The van der Waals surface area contributed by atoms with Gasteiger partial charge in [0.05, 0.1) is 11.1 Å². The van der Waals surface area contributed by atoms with Crippen molar-refractivity contribution in [1.82, 2.24) is 4.98 Å². The van der Waals surface area contributed by atoms with E-state index in [1.807, 2.05) is 0 Å². The monoisotopic (exact) mass is 307 g/mol. The standard InChI is InChI=1S/C8H7Br2NO2/c1-2-13-8(12)6-4-3-5(9)7(10)11-6/h3-4H,2H2,1H3.